The molecule has 3 nitrogen and oxygen atoms in total. The van der Waals surface area contributed by atoms with Gasteiger partial charge in [0, 0.05) is 11.1 Å². The van der Waals surface area contributed by atoms with E-state index < -0.39 is 17.7 Å². The monoisotopic (exact) mass is 288 g/mol. The lowest BCUT2D eigenvalue weighted by molar-refractivity contribution is 0.0946. The van der Waals surface area contributed by atoms with Crippen LogP contribution in [0.1, 0.15) is 15.2 Å². The molecule has 94 valence electrons. The van der Waals surface area contributed by atoms with Crippen molar-refractivity contribution in [2.24, 2.45) is 0 Å². The number of nitrogens with one attached hydrogen (secondary N) is 1. The van der Waals surface area contributed by atoms with Gasteiger partial charge in [0.2, 0.25) is 5.95 Å². The second kappa shape index (κ2) is 5.41. The minimum absolute atomic E-state index is 0.208. The molecule has 0 saturated carbocycles. The highest BCUT2D eigenvalue weighted by Gasteiger charge is 2.15. The largest absolute Gasteiger partial charge is 0.347 e. The number of carbonyl (C=O) groups is 1. The predicted octanol–water partition coefficient (Wildman–Crippen LogP) is 3.00. The van der Waals surface area contributed by atoms with Crippen LogP contribution in [0, 0.1) is 11.8 Å². The van der Waals surface area contributed by atoms with E-state index >= 15 is 0 Å². The van der Waals surface area contributed by atoms with Gasteiger partial charge in [0.25, 0.3) is 5.91 Å². The van der Waals surface area contributed by atoms with Crippen LogP contribution >= 0.6 is 22.9 Å². The van der Waals surface area contributed by atoms with Gasteiger partial charge in [0.1, 0.15) is 0 Å². The fourth-order valence-corrected chi connectivity index (χ4v) is 2.33. The van der Waals surface area contributed by atoms with Crippen LogP contribution in [0.3, 0.4) is 0 Å². The quantitative estimate of drug-likeness (QED) is 0.882. The summed E-state index contributed by atoms with van der Waals surface area (Å²) < 4.78 is 26.7. The van der Waals surface area contributed by atoms with Gasteiger partial charge in [-0.05, 0) is 18.2 Å². The van der Waals surface area contributed by atoms with Crippen molar-refractivity contribution >= 4 is 28.8 Å². The number of amides is 1. The first-order chi connectivity index (χ1) is 8.58. The first-order valence-electron chi connectivity index (χ1n) is 4.90. The first-order valence-corrected chi connectivity index (χ1v) is 6.10. The van der Waals surface area contributed by atoms with Crippen molar-refractivity contribution in [1.82, 2.24) is 10.3 Å². The Hall–Kier alpha value is -1.53. The minimum Gasteiger partial charge on any atom is -0.347 e. The third-order valence-corrected chi connectivity index (χ3v) is 3.37. The number of hydrogen-bond acceptors (Lipinski definition) is 3. The van der Waals surface area contributed by atoms with Crippen LogP contribution in [-0.2, 0) is 6.54 Å². The Bertz CT molecular complexity index is 588. The summed E-state index contributed by atoms with van der Waals surface area (Å²) in [6.45, 7) is 0.208. The summed E-state index contributed by atoms with van der Waals surface area (Å²) in [5.41, 5.74) is -0.370. The molecule has 0 aliphatic rings. The Balaban J connectivity index is 2.06. The van der Waals surface area contributed by atoms with Crippen LogP contribution in [0.25, 0.3) is 0 Å². The highest BCUT2D eigenvalue weighted by atomic mass is 35.5. The average molecular weight is 289 g/mol. The number of nitrogens with zero attached hydrogens (tertiary/aromatic N) is 1. The van der Waals surface area contributed by atoms with Crippen molar-refractivity contribution in [2.45, 2.75) is 6.54 Å². The third-order valence-electron chi connectivity index (χ3n) is 2.14. The van der Waals surface area contributed by atoms with Crippen LogP contribution in [-0.4, -0.2) is 10.9 Å². The van der Waals surface area contributed by atoms with Crippen LogP contribution < -0.4 is 5.32 Å². The second-order valence-electron chi connectivity index (χ2n) is 3.35. The molecule has 0 fully saturated rings. The first kappa shape index (κ1) is 12.9. The zero-order valence-corrected chi connectivity index (χ0v) is 10.5. The minimum atomic E-state index is -1.29. The highest BCUT2D eigenvalue weighted by Crippen LogP contribution is 2.21. The van der Waals surface area contributed by atoms with Crippen molar-refractivity contribution in [3.63, 3.8) is 0 Å². The molecule has 18 heavy (non-hydrogen) atoms. The molecule has 0 radical (unpaired) electrons. The van der Waals surface area contributed by atoms with Gasteiger partial charge in [-0.3, -0.25) is 4.79 Å². The number of thiophene rings is 1. The van der Waals surface area contributed by atoms with Gasteiger partial charge in [-0.25, -0.2) is 9.37 Å². The van der Waals surface area contributed by atoms with Crippen molar-refractivity contribution in [1.29, 1.82) is 0 Å². The van der Waals surface area contributed by atoms with Gasteiger partial charge < -0.3 is 5.32 Å². The van der Waals surface area contributed by atoms with Gasteiger partial charge in [0.15, 0.2) is 5.82 Å². The third kappa shape index (κ3) is 2.83. The van der Waals surface area contributed by atoms with Gasteiger partial charge in [-0.1, -0.05) is 11.6 Å². The Morgan fingerprint density at radius 1 is 1.39 bits per heavy atom. The Labute approximate surface area is 110 Å². The molecule has 2 aromatic heterocycles. The second-order valence-corrected chi connectivity index (χ2v) is 5.15. The van der Waals surface area contributed by atoms with E-state index in [1.807, 2.05) is 0 Å². The molecule has 0 aromatic carbocycles. The summed E-state index contributed by atoms with van der Waals surface area (Å²) in [5.74, 6) is -3.24. The summed E-state index contributed by atoms with van der Waals surface area (Å²) in [7, 11) is 0. The molecule has 0 bridgehead atoms. The molecule has 0 aliphatic carbocycles. The Kier molecular flexibility index (Phi) is 3.88. The molecule has 0 saturated heterocycles. The molecule has 1 N–H and O–H groups in total. The number of rotatable bonds is 3. The topological polar surface area (TPSA) is 42.0 Å². The van der Waals surface area contributed by atoms with E-state index in [9.17, 15) is 13.6 Å². The van der Waals surface area contributed by atoms with E-state index in [0.717, 1.165) is 17.1 Å². The lowest BCUT2D eigenvalue weighted by Crippen LogP contribution is -2.24. The smallest absolute Gasteiger partial charge is 0.254 e. The summed E-state index contributed by atoms with van der Waals surface area (Å²) in [6, 6.07) is 4.56. The van der Waals surface area contributed by atoms with Crippen LogP contribution in [0.15, 0.2) is 24.4 Å². The molecule has 2 aromatic rings. The number of aromatic nitrogens is 1. The molecule has 7 heteroatoms. The van der Waals surface area contributed by atoms with Crippen molar-refractivity contribution < 1.29 is 13.6 Å². The standard InChI is InChI=1S/C11H7ClF2N2OS/c12-8-2-1-6(18-8)5-16-11(17)7-3-4-15-10(14)9(7)13/h1-4H,5H2,(H,16,17). The molecule has 0 aliphatic heterocycles. The molecule has 0 atom stereocenters. The van der Waals surface area contributed by atoms with Gasteiger partial charge in [-0.15, -0.1) is 11.3 Å². The molecular formula is C11H7ClF2N2OS. The number of hydrogen-bond donors (Lipinski definition) is 1. The number of halogens is 3. The van der Waals surface area contributed by atoms with Crippen LogP contribution in [0.4, 0.5) is 8.78 Å². The highest BCUT2D eigenvalue weighted by molar-refractivity contribution is 7.16. The maximum absolute atomic E-state index is 13.3. The van der Waals surface area contributed by atoms with E-state index in [1.165, 1.54) is 11.3 Å². The maximum Gasteiger partial charge on any atom is 0.254 e. The normalized spacial score (nSPS) is 10.4. The molecule has 0 spiro atoms. The molecule has 2 heterocycles. The van der Waals surface area contributed by atoms with E-state index in [2.05, 4.69) is 10.3 Å². The summed E-state index contributed by atoms with van der Waals surface area (Å²) in [6.07, 6.45) is 1.04. The summed E-state index contributed by atoms with van der Waals surface area (Å²) in [4.78, 5) is 15.6. The molecule has 2 rings (SSSR count). The fourth-order valence-electron chi connectivity index (χ4n) is 1.30. The van der Waals surface area contributed by atoms with Crippen molar-refractivity contribution in [3.05, 3.63) is 50.9 Å². The van der Waals surface area contributed by atoms with Crippen molar-refractivity contribution in [2.75, 3.05) is 0 Å². The molecule has 0 unspecified atom stereocenters. The molecule has 1 amide bonds. The van der Waals surface area contributed by atoms with Crippen molar-refractivity contribution in [3.8, 4) is 0 Å². The zero-order valence-electron chi connectivity index (χ0n) is 8.91. The van der Waals surface area contributed by atoms with E-state index in [4.69, 9.17) is 11.6 Å². The zero-order chi connectivity index (χ0) is 13.1. The predicted molar refractivity (Wildman–Crippen MR) is 64.7 cm³/mol. The maximum atomic E-state index is 13.3. The van der Waals surface area contributed by atoms with E-state index in [1.54, 1.807) is 12.1 Å². The van der Waals surface area contributed by atoms with Crippen LogP contribution in [0.5, 0.6) is 0 Å². The summed E-state index contributed by atoms with van der Waals surface area (Å²) in [5, 5.41) is 2.48. The average Bonchev–Trinajstić information content (AvgIpc) is 2.76. The van der Waals surface area contributed by atoms with Crippen LogP contribution in [0.2, 0.25) is 4.34 Å². The van der Waals surface area contributed by atoms with Gasteiger partial charge >= 0.3 is 0 Å². The Morgan fingerprint density at radius 2 is 2.17 bits per heavy atom. The Morgan fingerprint density at radius 3 is 2.83 bits per heavy atom. The van der Waals surface area contributed by atoms with E-state index in [0.29, 0.717) is 4.34 Å². The number of pyridine rings is 1. The lowest BCUT2D eigenvalue weighted by atomic mass is 10.2. The number of carbonyl (C=O) groups excluding carboxylic acids is 1. The lowest BCUT2D eigenvalue weighted by Gasteiger charge is -2.04. The van der Waals surface area contributed by atoms with Gasteiger partial charge in [-0.2, -0.15) is 4.39 Å². The molecular weight excluding hydrogens is 282 g/mol. The fraction of sp³-hybridized carbons (Fsp3) is 0.0909. The SMILES string of the molecule is O=C(NCc1ccc(Cl)s1)c1ccnc(F)c1F. The van der Waals surface area contributed by atoms with E-state index in [-0.39, 0.29) is 12.1 Å². The van der Waals surface area contributed by atoms with Gasteiger partial charge in [0.05, 0.1) is 16.4 Å². The summed E-state index contributed by atoms with van der Waals surface area (Å²) >= 11 is 7.03.